The highest BCUT2D eigenvalue weighted by atomic mass is 15.2. The Balaban J connectivity index is 2.69. The molecule has 0 fully saturated rings. The lowest BCUT2D eigenvalue weighted by atomic mass is 10.1. The summed E-state index contributed by atoms with van der Waals surface area (Å²) in [6, 6.07) is 0.461. The van der Waals surface area contributed by atoms with Crippen LogP contribution in [-0.2, 0) is 0 Å². The number of rotatable bonds is 11. The van der Waals surface area contributed by atoms with E-state index in [1.165, 1.54) is 0 Å². The third-order valence-corrected chi connectivity index (χ3v) is 3.88. The van der Waals surface area contributed by atoms with E-state index in [1.54, 1.807) is 6.08 Å². The van der Waals surface area contributed by atoms with Crippen molar-refractivity contribution in [2.24, 2.45) is 0 Å². The van der Waals surface area contributed by atoms with Gasteiger partial charge >= 0.3 is 0 Å². The van der Waals surface area contributed by atoms with Gasteiger partial charge in [0.1, 0.15) is 0 Å². The van der Waals surface area contributed by atoms with E-state index in [9.17, 15) is 0 Å². The zero-order valence-electron chi connectivity index (χ0n) is 14.5. The molecule has 1 rings (SSSR count). The SMILES string of the molecule is C=C/C=C\C(=C)N(/C=C/CC)C[C@H]1CC=CN1CCC(=C)C=C. The molecule has 0 saturated heterocycles. The molecule has 1 heterocycles. The average Bonchev–Trinajstić information content (AvgIpc) is 3.01. The zero-order chi connectivity index (χ0) is 17.1. The first-order chi connectivity index (χ1) is 11.1. The maximum Gasteiger partial charge on any atom is 0.0498 e. The fraction of sp³-hybridized carbons (Fsp3) is 0.333. The molecular formula is C21H30N2. The van der Waals surface area contributed by atoms with Crippen LogP contribution in [0.5, 0.6) is 0 Å². The smallest absolute Gasteiger partial charge is 0.0498 e. The van der Waals surface area contributed by atoms with Gasteiger partial charge in [0.25, 0.3) is 0 Å². The molecule has 1 aliphatic heterocycles. The van der Waals surface area contributed by atoms with Gasteiger partial charge in [-0.15, -0.1) is 0 Å². The van der Waals surface area contributed by atoms with Gasteiger partial charge in [0, 0.05) is 31.0 Å². The summed E-state index contributed by atoms with van der Waals surface area (Å²) in [5.41, 5.74) is 2.07. The minimum atomic E-state index is 0.461. The van der Waals surface area contributed by atoms with Crippen LogP contribution < -0.4 is 0 Å². The molecule has 0 spiro atoms. The molecule has 0 saturated carbocycles. The zero-order valence-corrected chi connectivity index (χ0v) is 14.5. The summed E-state index contributed by atoms with van der Waals surface area (Å²) >= 11 is 0. The Labute approximate surface area is 142 Å². The Morgan fingerprint density at radius 2 is 2.13 bits per heavy atom. The van der Waals surface area contributed by atoms with Gasteiger partial charge < -0.3 is 9.80 Å². The first-order valence-electron chi connectivity index (χ1n) is 8.26. The van der Waals surface area contributed by atoms with Gasteiger partial charge in [-0.25, -0.2) is 0 Å². The highest BCUT2D eigenvalue weighted by molar-refractivity contribution is 5.20. The number of hydrogen-bond acceptors (Lipinski definition) is 2. The van der Waals surface area contributed by atoms with E-state index in [1.807, 2.05) is 18.2 Å². The van der Waals surface area contributed by atoms with E-state index in [0.717, 1.165) is 43.6 Å². The van der Waals surface area contributed by atoms with Crippen LogP contribution in [0, 0.1) is 0 Å². The van der Waals surface area contributed by atoms with Crippen LogP contribution in [0.4, 0.5) is 0 Å². The van der Waals surface area contributed by atoms with E-state index in [4.69, 9.17) is 0 Å². The fourth-order valence-corrected chi connectivity index (χ4v) is 2.43. The van der Waals surface area contributed by atoms with Crippen molar-refractivity contribution in [3.05, 3.63) is 86.4 Å². The van der Waals surface area contributed by atoms with Crippen LogP contribution in [0.3, 0.4) is 0 Å². The second-order valence-corrected chi connectivity index (χ2v) is 5.66. The van der Waals surface area contributed by atoms with Gasteiger partial charge in [-0.05, 0) is 31.5 Å². The van der Waals surface area contributed by atoms with Crippen molar-refractivity contribution in [2.45, 2.75) is 32.2 Å². The van der Waals surface area contributed by atoms with Crippen molar-refractivity contribution < 1.29 is 0 Å². The van der Waals surface area contributed by atoms with Crippen molar-refractivity contribution in [3.63, 3.8) is 0 Å². The lowest BCUT2D eigenvalue weighted by Gasteiger charge is -2.31. The van der Waals surface area contributed by atoms with Crippen molar-refractivity contribution in [3.8, 4) is 0 Å². The molecule has 0 aromatic heterocycles. The Kier molecular flexibility index (Phi) is 8.59. The summed E-state index contributed by atoms with van der Waals surface area (Å²) in [6.45, 7) is 19.7. The van der Waals surface area contributed by atoms with E-state index < -0.39 is 0 Å². The Morgan fingerprint density at radius 1 is 1.35 bits per heavy atom. The molecule has 0 aromatic rings. The van der Waals surface area contributed by atoms with Crippen LogP contribution in [0.2, 0.25) is 0 Å². The quantitative estimate of drug-likeness (QED) is 0.485. The largest absolute Gasteiger partial charge is 0.372 e. The monoisotopic (exact) mass is 310 g/mol. The summed E-state index contributed by atoms with van der Waals surface area (Å²) in [7, 11) is 0. The lowest BCUT2D eigenvalue weighted by Crippen LogP contribution is -2.37. The van der Waals surface area contributed by atoms with Crippen molar-refractivity contribution in [2.75, 3.05) is 13.1 Å². The molecule has 0 N–H and O–H groups in total. The van der Waals surface area contributed by atoms with Gasteiger partial charge in [0.05, 0.1) is 0 Å². The van der Waals surface area contributed by atoms with Gasteiger partial charge in [-0.2, -0.15) is 0 Å². The number of allylic oxidation sites excluding steroid dienone is 5. The van der Waals surface area contributed by atoms with Gasteiger partial charge in [0.15, 0.2) is 0 Å². The maximum atomic E-state index is 4.17. The van der Waals surface area contributed by atoms with Crippen molar-refractivity contribution in [1.82, 2.24) is 9.80 Å². The molecule has 0 unspecified atom stereocenters. The number of hydrogen-bond donors (Lipinski definition) is 0. The molecule has 124 valence electrons. The van der Waals surface area contributed by atoms with E-state index >= 15 is 0 Å². The minimum absolute atomic E-state index is 0.461. The van der Waals surface area contributed by atoms with Crippen molar-refractivity contribution >= 4 is 0 Å². The van der Waals surface area contributed by atoms with E-state index in [2.05, 4.69) is 67.6 Å². The molecular weight excluding hydrogens is 280 g/mol. The fourth-order valence-electron chi connectivity index (χ4n) is 2.43. The lowest BCUT2D eigenvalue weighted by molar-refractivity contribution is 0.256. The Hall–Kier alpha value is -2.22. The van der Waals surface area contributed by atoms with E-state index in [-0.39, 0.29) is 0 Å². The van der Waals surface area contributed by atoms with Crippen LogP contribution in [-0.4, -0.2) is 28.9 Å². The standard InChI is InChI=1S/C21H30N2/c1-6-9-12-20(5)23(15-10-7-2)18-21-13-11-16-22(21)17-14-19(4)8-3/h6,8-12,15-16,21H,1,3-5,7,13-14,17-18H2,2H3/b12-9-,15-10+/t21-/m1/s1. The van der Waals surface area contributed by atoms with Gasteiger partial charge in [0.2, 0.25) is 0 Å². The highest BCUT2D eigenvalue weighted by Crippen LogP contribution is 2.19. The summed E-state index contributed by atoms with van der Waals surface area (Å²) in [4.78, 5) is 4.61. The normalized spacial score (nSPS) is 17.1. The predicted octanol–water partition coefficient (Wildman–Crippen LogP) is 5.19. The minimum Gasteiger partial charge on any atom is -0.372 e. The maximum absolute atomic E-state index is 4.17. The molecule has 0 aliphatic carbocycles. The topological polar surface area (TPSA) is 6.48 Å². The Morgan fingerprint density at radius 3 is 2.78 bits per heavy atom. The second kappa shape index (κ2) is 10.5. The third kappa shape index (κ3) is 6.60. The van der Waals surface area contributed by atoms with E-state index in [0.29, 0.717) is 6.04 Å². The summed E-state index contributed by atoms with van der Waals surface area (Å²) in [6.07, 6.45) is 19.3. The van der Waals surface area contributed by atoms with Crippen LogP contribution >= 0.6 is 0 Å². The summed E-state index contributed by atoms with van der Waals surface area (Å²) < 4.78 is 0. The highest BCUT2D eigenvalue weighted by Gasteiger charge is 2.21. The molecule has 1 aliphatic rings. The molecule has 1 atom stereocenters. The molecule has 0 bridgehead atoms. The molecule has 0 amide bonds. The third-order valence-electron chi connectivity index (χ3n) is 3.88. The first-order valence-corrected chi connectivity index (χ1v) is 8.26. The Bertz CT molecular complexity index is 508. The number of nitrogens with zero attached hydrogens (tertiary/aromatic N) is 2. The van der Waals surface area contributed by atoms with Crippen LogP contribution in [0.1, 0.15) is 26.2 Å². The molecule has 2 heteroatoms. The first kappa shape index (κ1) is 18.8. The predicted molar refractivity (Wildman–Crippen MR) is 103 cm³/mol. The summed E-state index contributed by atoms with van der Waals surface area (Å²) in [5.74, 6) is 0. The summed E-state index contributed by atoms with van der Waals surface area (Å²) in [5, 5.41) is 0. The molecule has 23 heavy (non-hydrogen) atoms. The average molecular weight is 310 g/mol. The van der Waals surface area contributed by atoms with Crippen molar-refractivity contribution in [1.29, 1.82) is 0 Å². The van der Waals surface area contributed by atoms with Crippen LogP contribution in [0.15, 0.2) is 86.4 Å². The molecule has 0 aromatic carbocycles. The van der Waals surface area contributed by atoms with Gasteiger partial charge in [-0.3, -0.25) is 0 Å². The van der Waals surface area contributed by atoms with Gasteiger partial charge in [-0.1, -0.05) is 69.2 Å². The molecule has 2 nitrogen and oxygen atoms in total. The molecule has 0 radical (unpaired) electrons. The van der Waals surface area contributed by atoms with Crippen LogP contribution in [0.25, 0.3) is 0 Å². The second-order valence-electron chi connectivity index (χ2n) is 5.66.